The number of amides is 2. The largest absolute Gasteiger partial charge is 0.382 e. The number of rotatable bonds is 8. The Balaban J connectivity index is 1.49. The lowest BCUT2D eigenvalue weighted by Crippen LogP contribution is -2.30. The summed E-state index contributed by atoms with van der Waals surface area (Å²) in [5.74, 6) is 1.16. The molecule has 4 aromatic rings. The van der Waals surface area contributed by atoms with Gasteiger partial charge in [-0.1, -0.05) is 24.3 Å². The smallest absolute Gasteiger partial charge is 0.319 e. The van der Waals surface area contributed by atoms with Gasteiger partial charge in [-0.15, -0.1) is 0 Å². The average Bonchev–Trinajstić information content (AvgIpc) is 3.20. The van der Waals surface area contributed by atoms with E-state index in [2.05, 4.69) is 26.3 Å². The van der Waals surface area contributed by atoms with Crippen molar-refractivity contribution in [2.24, 2.45) is 0 Å². The molecular formula is C24H25N7O2. The summed E-state index contributed by atoms with van der Waals surface area (Å²) in [7, 11) is 0. The molecule has 4 N–H and O–H groups in total. The normalized spacial score (nSPS) is 10.9. The van der Waals surface area contributed by atoms with Crippen molar-refractivity contribution in [3.63, 3.8) is 0 Å². The number of nitrogens with one attached hydrogen (secondary N) is 2. The fraction of sp³-hybridized carbons (Fsp3) is 0.250. The molecule has 0 saturated carbocycles. The van der Waals surface area contributed by atoms with Crippen molar-refractivity contribution < 1.29 is 9.53 Å². The average molecular weight is 444 g/mol. The van der Waals surface area contributed by atoms with Crippen LogP contribution in [0.5, 0.6) is 0 Å². The van der Waals surface area contributed by atoms with E-state index in [1.165, 1.54) is 0 Å². The number of nitrogens with zero attached hydrogens (tertiary/aromatic N) is 4. The minimum Gasteiger partial charge on any atom is -0.382 e. The molecule has 0 radical (unpaired) electrons. The van der Waals surface area contributed by atoms with Crippen LogP contribution in [0.3, 0.4) is 0 Å². The molecule has 2 aromatic carbocycles. The van der Waals surface area contributed by atoms with Crippen molar-refractivity contribution in [3.05, 3.63) is 59.9 Å². The number of anilines is 2. The predicted octanol–water partition coefficient (Wildman–Crippen LogP) is 3.79. The van der Waals surface area contributed by atoms with Crippen LogP contribution in [0.4, 0.5) is 16.3 Å². The van der Waals surface area contributed by atoms with Crippen LogP contribution in [0.2, 0.25) is 0 Å². The molecule has 168 valence electrons. The zero-order valence-corrected chi connectivity index (χ0v) is 18.3. The SMILES string of the molecule is CCOCc1nc2c(N)nc3ccccc3c2n1CCCNC(=O)Nc1cccc(C#N)c1. The molecule has 9 heteroatoms. The number of imidazole rings is 1. The number of ether oxygens (including phenoxy) is 1. The number of nitriles is 1. The summed E-state index contributed by atoms with van der Waals surface area (Å²) in [5, 5.41) is 15.6. The molecule has 33 heavy (non-hydrogen) atoms. The molecule has 2 heterocycles. The zero-order valence-electron chi connectivity index (χ0n) is 18.3. The number of para-hydroxylation sites is 1. The molecular weight excluding hydrogens is 418 g/mol. The molecule has 0 aliphatic carbocycles. The fourth-order valence-electron chi connectivity index (χ4n) is 3.73. The quantitative estimate of drug-likeness (QED) is 0.355. The molecule has 0 aliphatic heterocycles. The Hall–Kier alpha value is -4.16. The lowest BCUT2D eigenvalue weighted by molar-refractivity contribution is 0.126. The first-order chi connectivity index (χ1) is 16.1. The van der Waals surface area contributed by atoms with E-state index in [9.17, 15) is 4.79 Å². The van der Waals surface area contributed by atoms with Crippen LogP contribution in [0, 0.1) is 11.3 Å². The molecule has 0 fully saturated rings. The predicted molar refractivity (Wildman–Crippen MR) is 128 cm³/mol. The number of aromatic nitrogens is 3. The molecule has 0 saturated heterocycles. The molecule has 9 nitrogen and oxygen atoms in total. The van der Waals surface area contributed by atoms with Gasteiger partial charge in [0.1, 0.15) is 17.9 Å². The number of nitrogen functional groups attached to an aromatic ring is 1. The standard InChI is InChI=1S/C24H25N7O2/c1-2-33-15-20-30-21-22(18-9-3-4-10-19(18)29-23(21)26)31(20)12-6-11-27-24(32)28-17-8-5-7-16(13-17)14-25/h3-5,7-10,13H,2,6,11-12,15H2,1H3,(H2,26,29)(H2,27,28,32). The molecule has 0 bridgehead atoms. The minimum atomic E-state index is -0.325. The molecule has 0 aliphatic rings. The van der Waals surface area contributed by atoms with Crippen molar-refractivity contribution in [2.45, 2.75) is 26.5 Å². The molecule has 0 atom stereocenters. The molecule has 0 unspecified atom stereocenters. The zero-order chi connectivity index (χ0) is 23.2. The third-order valence-electron chi connectivity index (χ3n) is 5.22. The highest BCUT2D eigenvalue weighted by Crippen LogP contribution is 2.29. The Morgan fingerprint density at radius 2 is 2.06 bits per heavy atom. The number of benzene rings is 2. The number of pyridine rings is 1. The van der Waals surface area contributed by atoms with Crippen LogP contribution >= 0.6 is 0 Å². The van der Waals surface area contributed by atoms with Crippen LogP contribution in [0.25, 0.3) is 21.9 Å². The fourth-order valence-corrected chi connectivity index (χ4v) is 3.73. The van der Waals surface area contributed by atoms with Crippen LogP contribution in [-0.4, -0.2) is 33.7 Å². The van der Waals surface area contributed by atoms with Crippen molar-refractivity contribution in [1.29, 1.82) is 5.26 Å². The number of fused-ring (bicyclic) bond motifs is 3. The Bertz CT molecular complexity index is 1340. The van der Waals surface area contributed by atoms with Gasteiger partial charge in [0.25, 0.3) is 0 Å². The van der Waals surface area contributed by atoms with Crippen molar-refractivity contribution in [1.82, 2.24) is 19.9 Å². The van der Waals surface area contributed by atoms with E-state index in [1.807, 2.05) is 31.2 Å². The molecule has 2 amide bonds. The summed E-state index contributed by atoms with van der Waals surface area (Å²) in [6, 6.07) is 16.3. The van der Waals surface area contributed by atoms with Gasteiger partial charge < -0.3 is 25.7 Å². The molecule has 0 spiro atoms. The highest BCUT2D eigenvalue weighted by molar-refractivity contribution is 6.06. The Morgan fingerprint density at radius 3 is 2.88 bits per heavy atom. The van der Waals surface area contributed by atoms with Gasteiger partial charge in [0.05, 0.1) is 22.7 Å². The lowest BCUT2D eigenvalue weighted by Gasteiger charge is -2.12. The maximum atomic E-state index is 12.2. The van der Waals surface area contributed by atoms with Crippen molar-refractivity contribution in [3.8, 4) is 6.07 Å². The van der Waals surface area contributed by atoms with Gasteiger partial charge in [-0.2, -0.15) is 5.26 Å². The van der Waals surface area contributed by atoms with Crippen LogP contribution in [-0.2, 0) is 17.9 Å². The summed E-state index contributed by atoms with van der Waals surface area (Å²) in [4.78, 5) is 21.4. The number of carbonyl (C=O) groups is 1. The summed E-state index contributed by atoms with van der Waals surface area (Å²) in [5.41, 5.74) is 9.66. The minimum absolute atomic E-state index is 0.325. The number of carbonyl (C=O) groups excluding carboxylic acids is 1. The van der Waals surface area contributed by atoms with Gasteiger partial charge in [-0.3, -0.25) is 0 Å². The van der Waals surface area contributed by atoms with E-state index >= 15 is 0 Å². The number of aryl methyl sites for hydroxylation is 1. The Morgan fingerprint density at radius 1 is 1.21 bits per heavy atom. The lowest BCUT2D eigenvalue weighted by atomic mass is 10.2. The van der Waals surface area contributed by atoms with E-state index in [1.54, 1.807) is 24.3 Å². The van der Waals surface area contributed by atoms with Gasteiger partial charge >= 0.3 is 6.03 Å². The first-order valence-electron chi connectivity index (χ1n) is 10.8. The van der Waals surface area contributed by atoms with E-state index in [-0.39, 0.29) is 6.03 Å². The maximum absolute atomic E-state index is 12.2. The third-order valence-corrected chi connectivity index (χ3v) is 5.22. The van der Waals surface area contributed by atoms with E-state index in [0.29, 0.717) is 55.3 Å². The monoisotopic (exact) mass is 443 g/mol. The Labute approximate surface area is 191 Å². The van der Waals surface area contributed by atoms with Crippen LogP contribution in [0.15, 0.2) is 48.5 Å². The third kappa shape index (κ3) is 4.86. The van der Waals surface area contributed by atoms with Gasteiger partial charge in [0.15, 0.2) is 5.82 Å². The van der Waals surface area contributed by atoms with Crippen molar-refractivity contribution >= 4 is 39.5 Å². The maximum Gasteiger partial charge on any atom is 0.319 e. The van der Waals surface area contributed by atoms with Crippen LogP contribution < -0.4 is 16.4 Å². The highest BCUT2D eigenvalue weighted by atomic mass is 16.5. The van der Waals surface area contributed by atoms with Gasteiger partial charge in [0, 0.05) is 30.8 Å². The molecule has 2 aromatic heterocycles. The topological polar surface area (TPSA) is 131 Å². The second-order valence-corrected chi connectivity index (χ2v) is 7.46. The van der Waals surface area contributed by atoms with Crippen LogP contribution in [0.1, 0.15) is 24.7 Å². The summed E-state index contributed by atoms with van der Waals surface area (Å²) in [6.07, 6.45) is 0.673. The van der Waals surface area contributed by atoms with Crippen molar-refractivity contribution in [2.75, 3.05) is 24.2 Å². The highest BCUT2D eigenvalue weighted by Gasteiger charge is 2.17. The molecule has 4 rings (SSSR count). The first-order valence-corrected chi connectivity index (χ1v) is 10.8. The number of hydrogen-bond acceptors (Lipinski definition) is 6. The Kier molecular flexibility index (Phi) is 6.66. The second kappa shape index (κ2) is 9.97. The number of urea groups is 1. The van der Waals surface area contributed by atoms with Gasteiger partial charge in [-0.25, -0.2) is 14.8 Å². The van der Waals surface area contributed by atoms with Gasteiger partial charge in [0.2, 0.25) is 0 Å². The van der Waals surface area contributed by atoms with Gasteiger partial charge in [-0.05, 0) is 37.6 Å². The first kappa shape index (κ1) is 22.0. The van der Waals surface area contributed by atoms with E-state index in [4.69, 9.17) is 20.7 Å². The summed E-state index contributed by atoms with van der Waals surface area (Å²) < 4.78 is 7.72. The summed E-state index contributed by atoms with van der Waals surface area (Å²) in [6.45, 7) is 3.95. The summed E-state index contributed by atoms with van der Waals surface area (Å²) >= 11 is 0. The second-order valence-electron chi connectivity index (χ2n) is 7.46. The number of nitrogens with two attached hydrogens (primary N) is 1. The van der Waals surface area contributed by atoms with E-state index < -0.39 is 0 Å². The number of hydrogen-bond donors (Lipinski definition) is 3. The van der Waals surface area contributed by atoms with E-state index in [0.717, 1.165) is 22.2 Å².